The monoisotopic (exact) mass is 329 g/mol. The SMILES string of the molecule is CCOCCOc1ccc(CNc2cccc(OC(C)C)c2)cc1. The zero-order chi connectivity index (χ0) is 17.2. The average molecular weight is 329 g/mol. The summed E-state index contributed by atoms with van der Waals surface area (Å²) in [4.78, 5) is 0. The lowest BCUT2D eigenvalue weighted by Crippen LogP contribution is -2.06. The number of rotatable bonds is 10. The molecule has 0 saturated carbocycles. The van der Waals surface area contributed by atoms with Crippen molar-refractivity contribution in [1.82, 2.24) is 0 Å². The molecule has 0 fully saturated rings. The van der Waals surface area contributed by atoms with E-state index in [0.29, 0.717) is 13.2 Å². The van der Waals surface area contributed by atoms with Crippen molar-refractivity contribution in [2.75, 3.05) is 25.1 Å². The van der Waals surface area contributed by atoms with Crippen LogP contribution in [0.15, 0.2) is 48.5 Å². The van der Waals surface area contributed by atoms with Gasteiger partial charge in [-0.2, -0.15) is 0 Å². The quantitative estimate of drug-likeness (QED) is 0.651. The predicted octanol–water partition coefficient (Wildman–Crippen LogP) is 4.50. The van der Waals surface area contributed by atoms with Crippen LogP contribution in [0.3, 0.4) is 0 Å². The van der Waals surface area contributed by atoms with Crippen LogP contribution in [0.25, 0.3) is 0 Å². The molecule has 0 spiro atoms. The van der Waals surface area contributed by atoms with Gasteiger partial charge in [0, 0.05) is 24.9 Å². The van der Waals surface area contributed by atoms with Crippen molar-refractivity contribution < 1.29 is 14.2 Å². The third kappa shape index (κ3) is 6.50. The largest absolute Gasteiger partial charge is 0.491 e. The minimum atomic E-state index is 0.176. The summed E-state index contributed by atoms with van der Waals surface area (Å²) in [6.45, 7) is 8.70. The van der Waals surface area contributed by atoms with Crippen LogP contribution in [-0.2, 0) is 11.3 Å². The zero-order valence-electron chi connectivity index (χ0n) is 14.7. The minimum absolute atomic E-state index is 0.176. The molecule has 2 rings (SSSR count). The van der Waals surface area contributed by atoms with Crippen LogP contribution >= 0.6 is 0 Å². The third-order valence-corrected chi connectivity index (χ3v) is 3.33. The standard InChI is InChI=1S/C20H27NO3/c1-4-22-12-13-23-19-10-8-17(9-11-19)15-21-18-6-5-7-20(14-18)24-16(2)3/h5-11,14,16,21H,4,12-13,15H2,1-3H3. The fourth-order valence-electron chi connectivity index (χ4n) is 2.22. The molecule has 4 nitrogen and oxygen atoms in total. The topological polar surface area (TPSA) is 39.7 Å². The second kappa shape index (κ2) is 9.83. The van der Waals surface area contributed by atoms with Crippen molar-refractivity contribution in [3.05, 3.63) is 54.1 Å². The molecule has 1 N–H and O–H groups in total. The Kier molecular flexibility index (Phi) is 7.43. The predicted molar refractivity (Wildman–Crippen MR) is 98.0 cm³/mol. The Morgan fingerprint density at radius 3 is 2.46 bits per heavy atom. The Bertz CT molecular complexity index is 596. The van der Waals surface area contributed by atoms with Gasteiger partial charge in [-0.25, -0.2) is 0 Å². The van der Waals surface area contributed by atoms with Gasteiger partial charge in [0.1, 0.15) is 18.1 Å². The summed E-state index contributed by atoms with van der Waals surface area (Å²) in [6, 6.07) is 16.1. The molecule has 0 aliphatic carbocycles. The van der Waals surface area contributed by atoms with Crippen molar-refractivity contribution in [3.63, 3.8) is 0 Å². The first kappa shape index (κ1) is 18.1. The summed E-state index contributed by atoms with van der Waals surface area (Å²) < 4.78 is 16.6. The molecule has 2 aromatic carbocycles. The molecule has 24 heavy (non-hydrogen) atoms. The summed E-state index contributed by atoms with van der Waals surface area (Å²) in [5, 5.41) is 3.41. The smallest absolute Gasteiger partial charge is 0.121 e. The second-order valence-corrected chi connectivity index (χ2v) is 5.74. The fraction of sp³-hybridized carbons (Fsp3) is 0.400. The van der Waals surface area contributed by atoms with Crippen LogP contribution in [-0.4, -0.2) is 25.9 Å². The molecule has 0 bridgehead atoms. The third-order valence-electron chi connectivity index (χ3n) is 3.33. The number of ether oxygens (including phenoxy) is 3. The highest BCUT2D eigenvalue weighted by molar-refractivity contribution is 5.48. The lowest BCUT2D eigenvalue weighted by atomic mass is 10.2. The lowest BCUT2D eigenvalue weighted by molar-refractivity contribution is 0.110. The van der Waals surface area contributed by atoms with Gasteiger partial charge < -0.3 is 19.5 Å². The summed E-state index contributed by atoms with van der Waals surface area (Å²) in [5.74, 6) is 1.75. The van der Waals surface area contributed by atoms with Crippen LogP contribution in [0.5, 0.6) is 11.5 Å². The fourth-order valence-corrected chi connectivity index (χ4v) is 2.22. The molecule has 4 heteroatoms. The van der Waals surface area contributed by atoms with Crippen molar-refractivity contribution >= 4 is 5.69 Å². The first-order valence-corrected chi connectivity index (χ1v) is 8.47. The van der Waals surface area contributed by atoms with Crippen LogP contribution < -0.4 is 14.8 Å². The van der Waals surface area contributed by atoms with E-state index in [-0.39, 0.29) is 6.10 Å². The van der Waals surface area contributed by atoms with E-state index in [2.05, 4.69) is 17.4 Å². The van der Waals surface area contributed by atoms with Crippen molar-refractivity contribution in [2.24, 2.45) is 0 Å². The molecule has 0 unspecified atom stereocenters. The van der Waals surface area contributed by atoms with Crippen LogP contribution in [0.2, 0.25) is 0 Å². The molecule has 0 atom stereocenters. The molecule has 0 aliphatic rings. The molecule has 0 radical (unpaired) electrons. The van der Waals surface area contributed by atoms with Crippen molar-refractivity contribution in [3.8, 4) is 11.5 Å². The maximum Gasteiger partial charge on any atom is 0.121 e. The maximum absolute atomic E-state index is 5.71. The highest BCUT2D eigenvalue weighted by Crippen LogP contribution is 2.20. The number of benzene rings is 2. The van der Waals surface area contributed by atoms with Gasteiger partial charge >= 0.3 is 0 Å². The molecular weight excluding hydrogens is 302 g/mol. The van der Waals surface area contributed by atoms with Gasteiger partial charge in [0.2, 0.25) is 0 Å². The van der Waals surface area contributed by atoms with E-state index in [1.54, 1.807) is 0 Å². The molecule has 0 aliphatic heterocycles. The van der Waals surface area contributed by atoms with Gasteiger partial charge in [-0.15, -0.1) is 0 Å². The number of nitrogens with one attached hydrogen (secondary N) is 1. The number of hydrogen-bond donors (Lipinski definition) is 1. The molecule has 0 saturated heterocycles. The first-order chi connectivity index (χ1) is 11.7. The second-order valence-electron chi connectivity index (χ2n) is 5.74. The van der Waals surface area contributed by atoms with E-state index < -0.39 is 0 Å². The van der Waals surface area contributed by atoms with Crippen LogP contribution in [0.1, 0.15) is 26.3 Å². The molecule has 2 aromatic rings. The van der Waals surface area contributed by atoms with Gasteiger partial charge in [0.25, 0.3) is 0 Å². The van der Waals surface area contributed by atoms with Crippen molar-refractivity contribution in [2.45, 2.75) is 33.4 Å². The Labute approximate surface area is 144 Å². The Morgan fingerprint density at radius 1 is 0.958 bits per heavy atom. The van der Waals surface area contributed by atoms with E-state index in [1.165, 1.54) is 5.56 Å². The normalized spacial score (nSPS) is 10.7. The Morgan fingerprint density at radius 2 is 1.75 bits per heavy atom. The molecule has 130 valence electrons. The Hall–Kier alpha value is -2.20. The molecule has 0 aromatic heterocycles. The Balaban J connectivity index is 1.81. The molecule has 0 amide bonds. The zero-order valence-corrected chi connectivity index (χ0v) is 14.7. The van der Waals surface area contributed by atoms with Gasteiger partial charge in [-0.1, -0.05) is 18.2 Å². The lowest BCUT2D eigenvalue weighted by Gasteiger charge is -2.12. The molecule has 0 heterocycles. The van der Waals surface area contributed by atoms with Crippen LogP contribution in [0, 0.1) is 0 Å². The first-order valence-electron chi connectivity index (χ1n) is 8.47. The summed E-state index contributed by atoms with van der Waals surface area (Å²) in [6.07, 6.45) is 0.176. The van der Waals surface area contributed by atoms with E-state index in [1.807, 2.05) is 57.2 Å². The van der Waals surface area contributed by atoms with Gasteiger partial charge in [0.15, 0.2) is 0 Å². The van der Waals surface area contributed by atoms with E-state index in [9.17, 15) is 0 Å². The summed E-state index contributed by atoms with van der Waals surface area (Å²) >= 11 is 0. The van der Waals surface area contributed by atoms with E-state index in [0.717, 1.165) is 30.3 Å². The van der Waals surface area contributed by atoms with Gasteiger partial charge in [-0.05, 0) is 50.6 Å². The minimum Gasteiger partial charge on any atom is -0.491 e. The summed E-state index contributed by atoms with van der Waals surface area (Å²) in [5.41, 5.74) is 2.24. The highest BCUT2D eigenvalue weighted by atomic mass is 16.5. The van der Waals surface area contributed by atoms with Gasteiger partial charge in [-0.3, -0.25) is 0 Å². The highest BCUT2D eigenvalue weighted by Gasteiger charge is 2.00. The number of hydrogen-bond acceptors (Lipinski definition) is 4. The van der Waals surface area contributed by atoms with E-state index >= 15 is 0 Å². The van der Waals surface area contributed by atoms with Crippen LogP contribution in [0.4, 0.5) is 5.69 Å². The van der Waals surface area contributed by atoms with Gasteiger partial charge in [0.05, 0.1) is 12.7 Å². The maximum atomic E-state index is 5.71. The molecular formula is C20H27NO3. The average Bonchev–Trinajstić information content (AvgIpc) is 2.58. The van der Waals surface area contributed by atoms with E-state index in [4.69, 9.17) is 14.2 Å². The number of anilines is 1. The van der Waals surface area contributed by atoms with Crippen molar-refractivity contribution in [1.29, 1.82) is 0 Å². The summed E-state index contributed by atoms with van der Waals surface area (Å²) in [7, 11) is 0.